The molecular weight excluding hydrogens is 386 g/mol. The van der Waals surface area contributed by atoms with E-state index in [9.17, 15) is 9.18 Å². The fourth-order valence-electron chi connectivity index (χ4n) is 1.74. The van der Waals surface area contributed by atoms with Gasteiger partial charge in [0.2, 0.25) is 0 Å². The number of nitrogen functional groups attached to an aromatic ring is 1. The number of hydrogen-bond acceptors (Lipinski definition) is 4. The maximum absolute atomic E-state index is 13.1. The number of halogens is 2. The molecule has 0 heterocycles. The molecule has 0 fully saturated rings. The second kappa shape index (κ2) is 6.75. The quantitative estimate of drug-likeness (QED) is 0.464. The minimum Gasteiger partial charge on any atom is -0.462 e. The SMILES string of the molecule is CCOC(=O)c1ccc(N)c(Nc2ccc(F)cc2I)c1. The number of esters is 1. The van der Waals surface area contributed by atoms with Gasteiger partial charge in [-0.15, -0.1) is 0 Å². The lowest BCUT2D eigenvalue weighted by Crippen LogP contribution is -2.06. The van der Waals surface area contributed by atoms with E-state index in [2.05, 4.69) is 5.32 Å². The van der Waals surface area contributed by atoms with Crippen LogP contribution in [0.1, 0.15) is 17.3 Å². The highest BCUT2D eigenvalue weighted by Crippen LogP contribution is 2.28. The van der Waals surface area contributed by atoms with Crippen LogP contribution in [0.15, 0.2) is 36.4 Å². The van der Waals surface area contributed by atoms with Crippen molar-refractivity contribution in [2.24, 2.45) is 0 Å². The second-order valence-corrected chi connectivity index (χ2v) is 5.43. The summed E-state index contributed by atoms with van der Waals surface area (Å²) in [5.41, 5.74) is 8.08. The first kappa shape index (κ1) is 15.6. The summed E-state index contributed by atoms with van der Waals surface area (Å²) in [5.74, 6) is -0.715. The van der Waals surface area contributed by atoms with Crippen molar-refractivity contribution in [1.82, 2.24) is 0 Å². The Morgan fingerprint density at radius 1 is 1.29 bits per heavy atom. The van der Waals surface area contributed by atoms with Crippen molar-refractivity contribution in [2.45, 2.75) is 6.92 Å². The van der Waals surface area contributed by atoms with E-state index in [1.807, 2.05) is 22.6 Å². The van der Waals surface area contributed by atoms with E-state index in [1.54, 1.807) is 31.2 Å². The summed E-state index contributed by atoms with van der Waals surface area (Å²) >= 11 is 2.02. The van der Waals surface area contributed by atoms with Crippen molar-refractivity contribution in [3.63, 3.8) is 0 Å². The Balaban J connectivity index is 2.30. The van der Waals surface area contributed by atoms with Crippen LogP contribution in [0.25, 0.3) is 0 Å². The minimum absolute atomic E-state index is 0.307. The van der Waals surface area contributed by atoms with E-state index < -0.39 is 5.97 Å². The van der Waals surface area contributed by atoms with Gasteiger partial charge >= 0.3 is 5.97 Å². The monoisotopic (exact) mass is 400 g/mol. The highest BCUT2D eigenvalue weighted by Gasteiger charge is 2.10. The molecule has 0 unspecified atom stereocenters. The standard InChI is InChI=1S/C15H14FIN2O2/c1-2-21-15(20)9-3-5-12(18)14(7-9)19-13-6-4-10(16)8-11(13)17/h3-8,19H,2,18H2,1H3. The summed E-state index contributed by atoms with van der Waals surface area (Å²) in [5, 5.41) is 3.10. The van der Waals surface area contributed by atoms with Crippen LogP contribution in [-0.4, -0.2) is 12.6 Å². The topological polar surface area (TPSA) is 64.3 Å². The van der Waals surface area contributed by atoms with Gasteiger partial charge in [-0.05, 0) is 65.9 Å². The third kappa shape index (κ3) is 3.84. The number of carbonyl (C=O) groups excluding carboxylic acids is 1. The molecule has 0 aliphatic rings. The lowest BCUT2D eigenvalue weighted by Gasteiger charge is -2.12. The molecule has 6 heteroatoms. The van der Waals surface area contributed by atoms with E-state index in [4.69, 9.17) is 10.5 Å². The molecule has 2 rings (SSSR count). The maximum Gasteiger partial charge on any atom is 0.338 e. The minimum atomic E-state index is -0.408. The van der Waals surface area contributed by atoms with Crippen molar-refractivity contribution >= 4 is 45.6 Å². The Morgan fingerprint density at radius 2 is 2.05 bits per heavy atom. The van der Waals surface area contributed by atoms with Gasteiger partial charge in [0, 0.05) is 3.57 Å². The average Bonchev–Trinajstić information content (AvgIpc) is 2.44. The number of benzene rings is 2. The first-order valence-corrected chi connectivity index (χ1v) is 7.38. The average molecular weight is 400 g/mol. The Kier molecular flexibility index (Phi) is 5.00. The van der Waals surface area contributed by atoms with E-state index in [0.717, 1.165) is 0 Å². The second-order valence-electron chi connectivity index (χ2n) is 4.27. The van der Waals surface area contributed by atoms with Gasteiger partial charge in [-0.1, -0.05) is 0 Å². The molecule has 0 atom stereocenters. The smallest absolute Gasteiger partial charge is 0.338 e. The van der Waals surface area contributed by atoms with Crippen LogP contribution in [0.2, 0.25) is 0 Å². The first-order valence-electron chi connectivity index (χ1n) is 6.30. The fourth-order valence-corrected chi connectivity index (χ4v) is 2.35. The molecule has 0 saturated carbocycles. The van der Waals surface area contributed by atoms with Crippen LogP contribution in [0.5, 0.6) is 0 Å². The van der Waals surface area contributed by atoms with Crippen LogP contribution in [0.3, 0.4) is 0 Å². The van der Waals surface area contributed by atoms with Crippen molar-refractivity contribution in [2.75, 3.05) is 17.7 Å². The van der Waals surface area contributed by atoms with E-state index >= 15 is 0 Å². The van der Waals surface area contributed by atoms with Gasteiger partial charge in [-0.25, -0.2) is 9.18 Å². The highest BCUT2D eigenvalue weighted by molar-refractivity contribution is 14.1. The number of nitrogens with one attached hydrogen (secondary N) is 1. The predicted octanol–water partition coefficient (Wildman–Crippen LogP) is 3.93. The Bertz CT molecular complexity index is 677. The predicted molar refractivity (Wildman–Crippen MR) is 89.2 cm³/mol. The summed E-state index contributed by atoms with van der Waals surface area (Å²) in [4.78, 5) is 11.7. The molecule has 0 spiro atoms. The normalized spacial score (nSPS) is 10.2. The van der Waals surface area contributed by atoms with Crippen LogP contribution in [-0.2, 0) is 4.74 Å². The molecule has 0 aromatic heterocycles. The lowest BCUT2D eigenvalue weighted by molar-refractivity contribution is 0.0526. The van der Waals surface area contributed by atoms with E-state index in [0.29, 0.717) is 32.8 Å². The molecule has 0 bridgehead atoms. The van der Waals surface area contributed by atoms with Crippen LogP contribution < -0.4 is 11.1 Å². The van der Waals surface area contributed by atoms with Gasteiger partial charge in [-0.3, -0.25) is 0 Å². The zero-order valence-electron chi connectivity index (χ0n) is 11.3. The zero-order chi connectivity index (χ0) is 15.4. The number of carbonyl (C=O) groups is 1. The van der Waals surface area contributed by atoms with Gasteiger partial charge in [0.1, 0.15) is 5.82 Å². The third-order valence-electron chi connectivity index (χ3n) is 2.76. The third-order valence-corrected chi connectivity index (χ3v) is 3.66. The van der Waals surface area contributed by atoms with Crippen LogP contribution in [0.4, 0.5) is 21.5 Å². The number of ether oxygens (including phenoxy) is 1. The summed E-state index contributed by atoms with van der Waals surface area (Å²) in [6.07, 6.45) is 0. The Morgan fingerprint density at radius 3 is 2.71 bits per heavy atom. The van der Waals surface area contributed by atoms with Gasteiger partial charge in [0.25, 0.3) is 0 Å². The molecule has 2 aromatic rings. The number of nitrogens with two attached hydrogens (primary N) is 1. The number of anilines is 3. The fraction of sp³-hybridized carbons (Fsp3) is 0.133. The molecule has 4 nitrogen and oxygen atoms in total. The summed E-state index contributed by atoms with van der Waals surface area (Å²) in [6.45, 7) is 2.05. The van der Waals surface area contributed by atoms with E-state index in [1.165, 1.54) is 12.1 Å². The van der Waals surface area contributed by atoms with Gasteiger partial charge in [0.15, 0.2) is 0 Å². The van der Waals surface area contributed by atoms with Crippen molar-refractivity contribution in [3.05, 3.63) is 51.3 Å². The zero-order valence-corrected chi connectivity index (χ0v) is 13.5. The molecule has 3 N–H and O–H groups in total. The van der Waals surface area contributed by atoms with Crippen LogP contribution >= 0.6 is 22.6 Å². The molecule has 0 aliphatic heterocycles. The number of rotatable bonds is 4. The molecule has 2 aromatic carbocycles. The first-order chi connectivity index (χ1) is 10.0. The van der Waals surface area contributed by atoms with Crippen LogP contribution in [0, 0.1) is 9.39 Å². The molecule has 110 valence electrons. The largest absolute Gasteiger partial charge is 0.462 e. The molecule has 0 aliphatic carbocycles. The lowest BCUT2D eigenvalue weighted by atomic mass is 10.1. The summed E-state index contributed by atoms with van der Waals surface area (Å²) < 4.78 is 18.8. The van der Waals surface area contributed by atoms with Crippen molar-refractivity contribution in [3.8, 4) is 0 Å². The highest BCUT2D eigenvalue weighted by atomic mass is 127. The van der Waals surface area contributed by atoms with Gasteiger partial charge < -0.3 is 15.8 Å². The Hall–Kier alpha value is -1.83. The summed E-state index contributed by atoms with van der Waals surface area (Å²) in [6, 6.07) is 9.24. The molecule has 0 saturated heterocycles. The Labute approximate surface area is 135 Å². The van der Waals surface area contributed by atoms with Crippen molar-refractivity contribution in [1.29, 1.82) is 0 Å². The molecular formula is C15H14FIN2O2. The molecule has 0 radical (unpaired) electrons. The summed E-state index contributed by atoms with van der Waals surface area (Å²) in [7, 11) is 0. The molecule has 0 amide bonds. The van der Waals surface area contributed by atoms with Gasteiger partial charge in [-0.2, -0.15) is 0 Å². The van der Waals surface area contributed by atoms with E-state index in [-0.39, 0.29) is 5.82 Å². The number of hydrogen-bond donors (Lipinski definition) is 2. The van der Waals surface area contributed by atoms with Gasteiger partial charge in [0.05, 0.1) is 29.2 Å². The maximum atomic E-state index is 13.1. The molecule has 21 heavy (non-hydrogen) atoms. The van der Waals surface area contributed by atoms with Crippen molar-refractivity contribution < 1.29 is 13.9 Å².